The highest BCUT2D eigenvalue weighted by atomic mass is 16.5. The number of hydrogen-bond acceptors (Lipinski definition) is 4. The van der Waals surface area contributed by atoms with Gasteiger partial charge in [0.1, 0.15) is 17.1 Å². The Labute approximate surface area is 209 Å². The second kappa shape index (κ2) is 8.90. The molecule has 36 heavy (non-hydrogen) atoms. The second-order valence-electron chi connectivity index (χ2n) is 9.63. The number of aryl methyl sites for hydroxylation is 1. The van der Waals surface area contributed by atoms with Gasteiger partial charge >= 0.3 is 0 Å². The minimum absolute atomic E-state index is 0.0843. The largest absolute Gasteiger partial charge is 0.496 e. The molecule has 0 saturated carbocycles. The molecular formula is C29H31N5O2. The highest BCUT2D eigenvalue weighted by Crippen LogP contribution is 2.36. The van der Waals surface area contributed by atoms with E-state index in [1.165, 1.54) is 6.42 Å². The zero-order chi connectivity index (χ0) is 24.8. The van der Waals surface area contributed by atoms with Crippen LogP contribution >= 0.6 is 0 Å². The maximum Gasteiger partial charge on any atom is 0.279 e. The topological polar surface area (TPSA) is 67.6 Å². The molecule has 0 aliphatic carbocycles. The van der Waals surface area contributed by atoms with Crippen LogP contribution in [-0.2, 0) is 0 Å². The van der Waals surface area contributed by atoms with Gasteiger partial charge in [-0.1, -0.05) is 36.4 Å². The number of piperidine rings is 1. The Kier molecular flexibility index (Phi) is 5.55. The van der Waals surface area contributed by atoms with Crippen LogP contribution in [0.4, 0.5) is 5.69 Å². The number of anilines is 1. The van der Waals surface area contributed by atoms with E-state index in [1.807, 2.05) is 49.5 Å². The van der Waals surface area contributed by atoms with Crippen molar-refractivity contribution in [3.63, 3.8) is 0 Å². The van der Waals surface area contributed by atoms with Gasteiger partial charge < -0.3 is 19.2 Å². The zero-order valence-corrected chi connectivity index (χ0v) is 21.0. The van der Waals surface area contributed by atoms with Gasteiger partial charge in [-0.2, -0.15) is 9.61 Å². The number of nitrogens with zero attached hydrogens (tertiary/aromatic N) is 4. The number of rotatable bonds is 5. The number of aromatic nitrogens is 4. The van der Waals surface area contributed by atoms with E-state index in [9.17, 15) is 4.79 Å². The molecule has 1 saturated heterocycles. The van der Waals surface area contributed by atoms with E-state index in [1.54, 1.807) is 11.6 Å². The lowest BCUT2D eigenvalue weighted by Crippen LogP contribution is -2.30. The van der Waals surface area contributed by atoms with E-state index < -0.39 is 0 Å². The number of fused-ring (bicyclic) bond motifs is 2. The molecule has 7 heteroatoms. The highest BCUT2D eigenvalue weighted by Gasteiger charge is 2.27. The van der Waals surface area contributed by atoms with Crippen LogP contribution in [0.15, 0.2) is 65.6 Å². The standard InChI is InChI=1S/C29H31N5O2/c1-19-25(20(2)33-18-15-22-23(33)13-10-14-24(22)36-3)29(35)34-28(30-19)27(32-16-8-5-9-17-32)26(31-34)21-11-6-4-7-12-21/h4,6-7,10-15,18,20,30H,5,8-9,16-17H2,1-3H3. The minimum atomic E-state index is -0.189. The SMILES string of the molecule is COc1cccc2c1ccn2C(C)c1c(C)[nH]c2c(N3CCCCC3)c(-c3ccccc3)nn2c1=O. The third-order valence-electron chi connectivity index (χ3n) is 7.49. The molecule has 1 atom stereocenters. The second-order valence-corrected chi connectivity index (χ2v) is 9.63. The van der Waals surface area contributed by atoms with E-state index in [0.29, 0.717) is 5.56 Å². The van der Waals surface area contributed by atoms with Crippen molar-refractivity contribution >= 4 is 22.2 Å². The summed E-state index contributed by atoms with van der Waals surface area (Å²) in [7, 11) is 1.68. The quantitative estimate of drug-likeness (QED) is 0.357. The number of aromatic amines is 1. The van der Waals surface area contributed by atoms with Gasteiger partial charge in [-0.25, -0.2) is 0 Å². The average Bonchev–Trinajstić information content (AvgIpc) is 3.52. The predicted molar refractivity (Wildman–Crippen MR) is 144 cm³/mol. The summed E-state index contributed by atoms with van der Waals surface area (Å²) in [6.45, 7) is 6.00. The molecule has 184 valence electrons. The lowest BCUT2D eigenvalue weighted by molar-refractivity contribution is 0.420. The molecule has 0 bridgehead atoms. The minimum Gasteiger partial charge on any atom is -0.496 e. The Morgan fingerprint density at radius 2 is 1.78 bits per heavy atom. The summed E-state index contributed by atoms with van der Waals surface area (Å²) < 4.78 is 9.26. The Morgan fingerprint density at radius 1 is 1.00 bits per heavy atom. The molecule has 3 aromatic heterocycles. The number of hydrogen-bond donors (Lipinski definition) is 1. The summed E-state index contributed by atoms with van der Waals surface area (Å²) in [6, 6.07) is 18.0. The molecule has 5 aromatic rings. The van der Waals surface area contributed by atoms with Crippen molar-refractivity contribution in [1.82, 2.24) is 19.2 Å². The fraction of sp³-hybridized carbons (Fsp3) is 0.310. The third-order valence-corrected chi connectivity index (χ3v) is 7.49. The molecule has 4 heterocycles. The molecule has 1 aliphatic heterocycles. The first-order chi connectivity index (χ1) is 17.6. The molecule has 1 aliphatic rings. The van der Waals surface area contributed by atoms with Crippen molar-refractivity contribution in [2.24, 2.45) is 0 Å². The van der Waals surface area contributed by atoms with Crippen LogP contribution in [0.5, 0.6) is 5.75 Å². The summed E-state index contributed by atoms with van der Waals surface area (Å²) in [5, 5.41) is 5.94. The number of ether oxygens (including phenoxy) is 1. The number of nitrogens with one attached hydrogen (secondary N) is 1. The lowest BCUT2D eigenvalue weighted by atomic mass is 10.1. The Balaban J connectivity index is 1.55. The Bertz CT molecular complexity index is 1610. The maximum atomic E-state index is 14.0. The van der Waals surface area contributed by atoms with Crippen LogP contribution < -0.4 is 15.2 Å². The van der Waals surface area contributed by atoms with Crippen molar-refractivity contribution in [2.45, 2.75) is 39.2 Å². The average molecular weight is 482 g/mol. The summed E-state index contributed by atoms with van der Waals surface area (Å²) in [5.41, 5.74) is 6.18. The van der Waals surface area contributed by atoms with E-state index in [-0.39, 0.29) is 11.6 Å². The summed E-state index contributed by atoms with van der Waals surface area (Å²) >= 11 is 0. The van der Waals surface area contributed by atoms with E-state index >= 15 is 0 Å². The first-order valence-corrected chi connectivity index (χ1v) is 12.7. The molecule has 1 unspecified atom stereocenters. The van der Waals surface area contributed by atoms with Gasteiger partial charge in [0.25, 0.3) is 5.56 Å². The summed E-state index contributed by atoms with van der Waals surface area (Å²) in [4.78, 5) is 20.0. The van der Waals surface area contributed by atoms with Crippen molar-refractivity contribution in [2.75, 3.05) is 25.1 Å². The van der Waals surface area contributed by atoms with E-state index in [4.69, 9.17) is 9.84 Å². The predicted octanol–water partition coefficient (Wildman–Crippen LogP) is 5.56. The van der Waals surface area contributed by atoms with E-state index in [2.05, 4.69) is 39.6 Å². The molecular weight excluding hydrogens is 450 g/mol. The first-order valence-electron chi connectivity index (χ1n) is 12.7. The van der Waals surface area contributed by atoms with Gasteiger partial charge in [-0.3, -0.25) is 4.79 Å². The van der Waals surface area contributed by atoms with Gasteiger partial charge in [-0.05, 0) is 51.3 Å². The van der Waals surface area contributed by atoms with Crippen LogP contribution in [0.1, 0.15) is 43.5 Å². The summed E-state index contributed by atoms with van der Waals surface area (Å²) in [5.74, 6) is 0.824. The van der Waals surface area contributed by atoms with Gasteiger partial charge in [-0.15, -0.1) is 0 Å². The summed E-state index contributed by atoms with van der Waals surface area (Å²) in [6.07, 6.45) is 5.56. The van der Waals surface area contributed by atoms with E-state index in [0.717, 1.165) is 70.9 Å². The highest BCUT2D eigenvalue weighted by molar-refractivity contribution is 5.87. The maximum absolute atomic E-state index is 14.0. The monoisotopic (exact) mass is 481 g/mol. The molecule has 7 nitrogen and oxygen atoms in total. The third kappa shape index (κ3) is 3.49. The van der Waals surface area contributed by atoms with Crippen molar-refractivity contribution in [3.05, 3.63) is 82.4 Å². The number of methoxy groups -OCH3 is 1. The molecule has 1 N–H and O–H groups in total. The van der Waals surface area contributed by atoms with Gasteiger partial charge in [0.05, 0.1) is 24.2 Å². The molecule has 0 radical (unpaired) electrons. The molecule has 1 fully saturated rings. The number of benzene rings is 2. The van der Waals surface area contributed by atoms with Crippen molar-refractivity contribution in [1.29, 1.82) is 0 Å². The van der Waals surface area contributed by atoms with Crippen LogP contribution in [-0.4, -0.2) is 39.4 Å². The van der Waals surface area contributed by atoms with Crippen molar-refractivity contribution < 1.29 is 4.74 Å². The molecule has 6 rings (SSSR count). The number of H-pyrrole nitrogens is 1. The van der Waals surface area contributed by atoms with Crippen molar-refractivity contribution in [3.8, 4) is 17.0 Å². The normalized spacial score (nSPS) is 15.0. The lowest BCUT2D eigenvalue weighted by Gasteiger charge is -2.28. The first kappa shape index (κ1) is 22.5. The van der Waals surface area contributed by atoms with Crippen LogP contribution in [0.25, 0.3) is 27.8 Å². The smallest absolute Gasteiger partial charge is 0.279 e. The van der Waals surface area contributed by atoms with Crippen LogP contribution in [0.3, 0.4) is 0 Å². The zero-order valence-electron chi connectivity index (χ0n) is 21.0. The fourth-order valence-corrected chi connectivity index (χ4v) is 5.70. The van der Waals surface area contributed by atoms with Gasteiger partial charge in [0, 0.05) is 35.9 Å². The molecule has 2 aromatic carbocycles. The Hall–Kier alpha value is -4.00. The molecule has 0 amide bonds. The molecule has 0 spiro atoms. The van der Waals surface area contributed by atoms with Crippen LogP contribution in [0, 0.1) is 6.92 Å². The van der Waals surface area contributed by atoms with Gasteiger partial charge in [0.2, 0.25) is 0 Å². The van der Waals surface area contributed by atoms with Crippen LogP contribution in [0.2, 0.25) is 0 Å². The van der Waals surface area contributed by atoms with Gasteiger partial charge in [0.15, 0.2) is 5.65 Å². The Morgan fingerprint density at radius 3 is 2.53 bits per heavy atom. The fourth-order valence-electron chi connectivity index (χ4n) is 5.70.